The van der Waals surface area contributed by atoms with Gasteiger partial charge in [-0.2, -0.15) is 5.26 Å². The van der Waals surface area contributed by atoms with Crippen LogP contribution in [-0.2, 0) is 6.54 Å². The first-order chi connectivity index (χ1) is 11.7. The lowest BCUT2D eigenvalue weighted by molar-refractivity contribution is 0.0824. The van der Waals surface area contributed by atoms with Crippen LogP contribution >= 0.6 is 0 Å². The van der Waals surface area contributed by atoms with Crippen molar-refractivity contribution in [1.82, 2.24) is 4.90 Å². The van der Waals surface area contributed by atoms with E-state index in [0.717, 1.165) is 22.1 Å². The van der Waals surface area contributed by atoms with Crippen molar-refractivity contribution in [2.24, 2.45) is 0 Å². The van der Waals surface area contributed by atoms with Gasteiger partial charge in [-0.15, -0.1) is 0 Å². The van der Waals surface area contributed by atoms with Crippen LogP contribution in [0.15, 0.2) is 66.7 Å². The molecule has 0 N–H and O–H groups in total. The number of hydrogen-bond donors (Lipinski definition) is 0. The molecule has 0 aliphatic rings. The molecule has 0 aliphatic carbocycles. The number of carbonyl (C=O) groups excluding carboxylic acids is 1. The molecule has 0 aliphatic heterocycles. The monoisotopic (exact) mass is 316 g/mol. The van der Waals surface area contributed by atoms with Gasteiger partial charge in [-0.1, -0.05) is 42.5 Å². The molecule has 0 radical (unpaired) electrons. The Bertz CT molecular complexity index is 914. The highest BCUT2D eigenvalue weighted by atomic mass is 16.5. The summed E-state index contributed by atoms with van der Waals surface area (Å²) in [4.78, 5) is 13.8. The molecule has 118 valence electrons. The molecule has 0 bridgehead atoms. The van der Waals surface area contributed by atoms with Gasteiger partial charge in [0, 0.05) is 5.56 Å². The molecule has 0 atom stereocenters. The quantitative estimate of drug-likeness (QED) is 0.540. The number of methoxy groups -OCH3 is 1. The van der Waals surface area contributed by atoms with Crippen molar-refractivity contribution in [3.8, 4) is 11.9 Å². The first kappa shape index (κ1) is 15.6. The van der Waals surface area contributed by atoms with Crippen molar-refractivity contribution in [3.05, 3.63) is 77.9 Å². The number of hydrogen-bond acceptors (Lipinski definition) is 3. The highest BCUT2D eigenvalue weighted by Gasteiger charge is 2.16. The van der Waals surface area contributed by atoms with Crippen molar-refractivity contribution in [2.45, 2.75) is 6.54 Å². The van der Waals surface area contributed by atoms with Crippen LogP contribution < -0.4 is 4.74 Å². The normalized spacial score (nSPS) is 10.2. The average molecular weight is 316 g/mol. The molecule has 0 aromatic heterocycles. The summed E-state index contributed by atoms with van der Waals surface area (Å²) in [5, 5.41) is 11.3. The maximum Gasteiger partial charge on any atom is 0.267 e. The predicted molar refractivity (Wildman–Crippen MR) is 92.4 cm³/mol. The zero-order chi connectivity index (χ0) is 16.9. The van der Waals surface area contributed by atoms with Crippen LogP contribution in [0.25, 0.3) is 10.8 Å². The molecule has 1 amide bonds. The van der Waals surface area contributed by atoms with Gasteiger partial charge in [0.05, 0.1) is 13.7 Å². The summed E-state index contributed by atoms with van der Waals surface area (Å²) in [6.07, 6.45) is 1.98. The van der Waals surface area contributed by atoms with Crippen LogP contribution in [0.3, 0.4) is 0 Å². The smallest absolute Gasteiger partial charge is 0.267 e. The number of amides is 1. The van der Waals surface area contributed by atoms with Gasteiger partial charge in [0.15, 0.2) is 6.19 Å². The Labute approximate surface area is 140 Å². The highest BCUT2D eigenvalue weighted by molar-refractivity contribution is 5.99. The fraction of sp³-hybridized carbons (Fsp3) is 0.100. The van der Waals surface area contributed by atoms with E-state index in [4.69, 9.17) is 4.74 Å². The molecule has 0 heterocycles. The molecule has 0 saturated heterocycles. The zero-order valence-electron chi connectivity index (χ0n) is 13.3. The molecule has 4 heteroatoms. The van der Waals surface area contributed by atoms with Crippen LogP contribution in [0.2, 0.25) is 0 Å². The molecule has 0 fully saturated rings. The van der Waals surface area contributed by atoms with Gasteiger partial charge in [0.1, 0.15) is 5.75 Å². The lowest BCUT2D eigenvalue weighted by atomic mass is 10.1. The van der Waals surface area contributed by atoms with Crippen molar-refractivity contribution in [3.63, 3.8) is 0 Å². The standard InChI is InChI=1S/C20H16N2O2/c1-24-19-10-9-16-11-18(8-7-17(16)12-19)20(23)22(14-21)13-15-5-3-2-4-6-15/h2-12H,13H2,1H3. The van der Waals surface area contributed by atoms with Gasteiger partial charge in [0.2, 0.25) is 0 Å². The molecule has 4 nitrogen and oxygen atoms in total. The summed E-state index contributed by atoms with van der Waals surface area (Å²) in [5.74, 6) is 0.461. The summed E-state index contributed by atoms with van der Waals surface area (Å²) < 4.78 is 5.20. The molecule has 0 saturated carbocycles. The molecule has 24 heavy (non-hydrogen) atoms. The van der Waals surface area contributed by atoms with Crippen LogP contribution in [0.1, 0.15) is 15.9 Å². The fourth-order valence-electron chi connectivity index (χ4n) is 2.56. The van der Waals surface area contributed by atoms with E-state index in [0.29, 0.717) is 5.56 Å². The van der Waals surface area contributed by atoms with E-state index < -0.39 is 0 Å². The number of carbonyl (C=O) groups is 1. The van der Waals surface area contributed by atoms with Crippen LogP contribution in [0.4, 0.5) is 0 Å². The van der Waals surface area contributed by atoms with Crippen LogP contribution in [0.5, 0.6) is 5.75 Å². The first-order valence-electron chi connectivity index (χ1n) is 7.54. The van der Waals surface area contributed by atoms with E-state index in [1.165, 1.54) is 4.90 Å². The predicted octanol–water partition coefficient (Wildman–Crippen LogP) is 3.97. The molecule has 3 rings (SSSR count). The third-order valence-corrected chi connectivity index (χ3v) is 3.84. The second kappa shape index (κ2) is 6.84. The number of rotatable bonds is 4. The Morgan fingerprint density at radius 1 is 1.04 bits per heavy atom. The number of benzene rings is 3. The van der Waals surface area contributed by atoms with Crippen LogP contribution in [-0.4, -0.2) is 17.9 Å². The van der Waals surface area contributed by atoms with E-state index in [9.17, 15) is 10.1 Å². The Kier molecular flexibility index (Phi) is 4.44. The van der Waals surface area contributed by atoms with E-state index in [1.54, 1.807) is 19.2 Å². The minimum Gasteiger partial charge on any atom is -0.497 e. The fourth-order valence-corrected chi connectivity index (χ4v) is 2.56. The molecule has 0 unspecified atom stereocenters. The number of fused-ring (bicyclic) bond motifs is 1. The van der Waals surface area contributed by atoms with E-state index in [1.807, 2.05) is 60.8 Å². The SMILES string of the molecule is COc1ccc2cc(C(=O)N(C#N)Cc3ccccc3)ccc2c1. The summed E-state index contributed by atoms with van der Waals surface area (Å²) in [6.45, 7) is 0.261. The average Bonchev–Trinajstić information content (AvgIpc) is 2.65. The van der Waals surface area contributed by atoms with Gasteiger partial charge < -0.3 is 4.74 Å². The Balaban J connectivity index is 1.88. The van der Waals surface area contributed by atoms with Gasteiger partial charge in [-0.05, 0) is 40.6 Å². The molecule has 3 aromatic rings. The molecule has 3 aromatic carbocycles. The molecule has 0 spiro atoms. The van der Waals surface area contributed by atoms with E-state index in [-0.39, 0.29) is 12.5 Å². The second-order valence-electron chi connectivity index (χ2n) is 5.40. The van der Waals surface area contributed by atoms with Crippen molar-refractivity contribution >= 4 is 16.7 Å². The second-order valence-corrected chi connectivity index (χ2v) is 5.40. The first-order valence-corrected chi connectivity index (χ1v) is 7.54. The Hall–Kier alpha value is -3.32. The molecular weight excluding hydrogens is 300 g/mol. The summed E-state index contributed by atoms with van der Waals surface area (Å²) in [6, 6.07) is 20.5. The summed E-state index contributed by atoms with van der Waals surface area (Å²) in [5.41, 5.74) is 1.41. The van der Waals surface area contributed by atoms with Crippen LogP contribution in [0, 0.1) is 11.5 Å². The minimum absolute atomic E-state index is 0.261. The zero-order valence-corrected chi connectivity index (χ0v) is 13.3. The summed E-state index contributed by atoms with van der Waals surface area (Å²) in [7, 11) is 1.62. The van der Waals surface area contributed by atoms with Gasteiger partial charge in [0.25, 0.3) is 5.91 Å². The van der Waals surface area contributed by atoms with E-state index >= 15 is 0 Å². The lowest BCUT2D eigenvalue weighted by Gasteiger charge is -2.14. The number of nitriles is 1. The van der Waals surface area contributed by atoms with Crippen molar-refractivity contribution < 1.29 is 9.53 Å². The van der Waals surface area contributed by atoms with Crippen molar-refractivity contribution in [1.29, 1.82) is 5.26 Å². The number of ether oxygens (including phenoxy) is 1. The minimum atomic E-state index is -0.306. The third-order valence-electron chi connectivity index (χ3n) is 3.84. The maximum atomic E-state index is 12.6. The number of nitrogens with zero attached hydrogens (tertiary/aromatic N) is 2. The summed E-state index contributed by atoms with van der Waals surface area (Å²) >= 11 is 0. The Morgan fingerprint density at radius 3 is 2.46 bits per heavy atom. The van der Waals surface area contributed by atoms with Gasteiger partial charge >= 0.3 is 0 Å². The van der Waals surface area contributed by atoms with E-state index in [2.05, 4.69) is 0 Å². The largest absolute Gasteiger partial charge is 0.497 e. The lowest BCUT2D eigenvalue weighted by Crippen LogP contribution is -2.25. The Morgan fingerprint density at radius 2 is 1.75 bits per heavy atom. The topological polar surface area (TPSA) is 53.3 Å². The van der Waals surface area contributed by atoms with Gasteiger partial charge in [-0.3, -0.25) is 4.79 Å². The molecular formula is C20H16N2O2. The maximum absolute atomic E-state index is 12.6. The van der Waals surface area contributed by atoms with Crippen molar-refractivity contribution in [2.75, 3.05) is 7.11 Å². The van der Waals surface area contributed by atoms with Gasteiger partial charge in [-0.25, -0.2) is 4.90 Å². The highest BCUT2D eigenvalue weighted by Crippen LogP contribution is 2.22. The third kappa shape index (κ3) is 3.21.